The SMILES string of the molecule is C=C(C)C(=O)ON1C(=O)CC(O)C1=O. The number of imide groups is 1. The van der Waals surface area contributed by atoms with E-state index in [4.69, 9.17) is 5.11 Å². The number of aliphatic hydroxyl groups is 1. The summed E-state index contributed by atoms with van der Waals surface area (Å²) in [7, 11) is 0. The smallest absolute Gasteiger partial charge is 0.359 e. The molecule has 1 heterocycles. The van der Waals surface area contributed by atoms with E-state index >= 15 is 0 Å². The summed E-state index contributed by atoms with van der Waals surface area (Å²) in [5, 5.41) is 9.23. The lowest BCUT2D eigenvalue weighted by Crippen LogP contribution is -2.34. The first-order chi connectivity index (χ1) is 6.43. The van der Waals surface area contributed by atoms with Crippen LogP contribution in [0.3, 0.4) is 0 Å². The van der Waals surface area contributed by atoms with E-state index in [1.165, 1.54) is 6.92 Å². The van der Waals surface area contributed by atoms with E-state index in [1.807, 2.05) is 0 Å². The first-order valence-electron chi connectivity index (χ1n) is 3.86. The lowest BCUT2D eigenvalue weighted by molar-refractivity contribution is -0.195. The quantitative estimate of drug-likeness (QED) is 0.462. The highest BCUT2D eigenvalue weighted by Gasteiger charge is 2.40. The fourth-order valence-electron chi connectivity index (χ4n) is 0.851. The van der Waals surface area contributed by atoms with Crippen LogP contribution in [0.25, 0.3) is 0 Å². The molecule has 0 spiro atoms. The van der Waals surface area contributed by atoms with Crippen molar-refractivity contribution in [2.75, 3.05) is 0 Å². The van der Waals surface area contributed by atoms with E-state index < -0.39 is 23.9 Å². The fraction of sp³-hybridized carbons (Fsp3) is 0.375. The van der Waals surface area contributed by atoms with Crippen LogP contribution in [-0.2, 0) is 19.2 Å². The van der Waals surface area contributed by atoms with Gasteiger partial charge in [0, 0.05) is 5.57 Å². The zero-order valence-corrected chi connectivity index (χ0v) is 7.52. The molecular weight excluding hydrogens is 190 g/mol. The number of rotatable bonds is 2. The summed E-state index contributed by atoms with van der Waals surface area (Å²) in [6.45, 7) is 4.66. The maximum Gasteiger partial charge on any atom is 0.359 e. The van der Waals surface area contributed by atoms with Crippen molar-refractivity contribution in [2.45, 2.75) is 19.4 Å². The summed E-state index contributed by atoms with van der Waals surface area (Å²) >= 11 is 0. The molecule has 1 aliphatic heterocycles. The van der Waals surface area contributed by atoms with Crippen molar-refractivity contribution in [2.24, 2.45) is 0 Å². The average Bonchev–Trinajstić information content (AvgIpc) is 2.32. The first-order valence-corrected chi connectivity index (χ1v) is 3.86. The molecule has 0 aromatic heterocycles. The third-order valence-electron chi connectivity index (χ3n) is 1.60. The topological polar surface area (TPSA) is 83.9 Å². The van der Waals surface area contributed by atoms with Gasteiger partial charge in [-0.3, -0.25) is 9.59 Å². The number of hydrogen-bond acceptors (Lipinski definition) is 5. The van der Waals surface area contributed by atoms with Gasteiger partial charge in [-0.1, -0.05) is 11.6 Å². The lowest BCUT2D eigenvalue weighted by atomic mass is 10.3. The number of amides is 2. The van der Waals surface area contributed by atoms with Crippen molar-refractivity contribution >= 4 is 17.8 Å². The van der Waals surface area contributed by atoms with Gasteiger partial charge >= 0.3 is 5.97 Å². The van der Waals surface area contributed by atoms with Gasteiger partial charge in [-0.05, 0) is 6.92 Å². The van der Waals surface area contributed by atoms with Gasteiger partial charge in [0.25, 0.3) is 11.8 Å². The molecule has 1 aliphatic rings. The van der Waals surface area contributed by atoms with Crippen LogP contribution in [0.15, 0.2) is 12.2 Å². The highest BCUT2D eigenvalue weighted by molar-refractivity contribution is 6.05. The first kappa shape index (κ1) is 10.4. The Kier molecular flexibility index (Phi) is 2.66. The number of aliphatic hydroxyl groups excluding tert-OH is 1. The van der Waals surface area contributed by atoms with E-state index in [0.717, 1.165) is 0 Å². The summed E-state index contributed by atoms with van der Waals surface area (Å²) < 4.78 is 0. The highest BCUT2D eigenvalue weighted by atomic mass is 16.7. The number of carbonyl (C=O) groups is 3. The van der Waals surface area contributed by atoms with E-state index in [9.17, 15) is 14.4 Å². The molecule has 0 aromatic carbocycles. The van der Waals surface area contributed by atoms with Crippen molar-refractivity contribution < 1.29 is 24.3 Å². The minimum absolute atomic E-state index is 0.0620. The Morgan fingerprint density at radius 2 is 2.21 bits per heavy atom. The molecule has 1 atom stereocenters. The van der Waals surface area contributed by atoms with Gasteiger partial charge < -0.3 is 9.94 Å². The van der Waals surface area contributed by atoms with Crippen LogP contribution in [0.4, 0.5) is 0 Å². The number of nitrogens with zero attached hydrogens (tertiary/aromatic N) is 1. The fourth-order valence-corrected chi connectivity index (χ4v) is 0.851. The minimum Gasteiger partial charge on any atom is -0.383 e. The zero-order valence-electron chi connectivity index (χ0n) is 7.52. The molecule has 1 saturated heterocycles. The molecule has 0 bridgehead atoms. The van der Waals surface area contributed by atoms with Crippen LogP contribution in [0.2, 0.25) is 0 Å². The third kappa shape index (κ3) is 1.80. The molecular formula is C8H9NO5. The van der Waals surface area contributed by atoms with E-state index in [1.54, 1.807) is 0 Å². The molecule has 0 aliphatic carbocycles. The zero-order chi connectivity index (χ0) is 10.9. The Labute approximate surface area is 79.7 Å². The van der Waals surface area contributed by atoms with Crippen molar-refractivity contribution in [1.82, 2.24) is 5.06 Å². The lowest BCUT2D eigenvalue weighted by Gasteiger charge is -2.12. The Hall–Kier alpha value is -1.69. The summed E-state index contributed by atoms with van der Waals surface area (Å²) in [6, 6.07) is 0. The summed E-state index contributed by atoms with van der Waals surface area (Å²) in [6.07, 6.45) is -1.78. The largest absolute Gasteiger partial charge is 0.383 e. The summed E-state index contributed by atoms with van der Waals surface area (Å²) in [4.78, 5) is 37.4. The molecule has 6 nitrogen and oxygen atoms in total. The van der Waals surface area contributed by atoms with E-state index in [0.29, 0.717) is 0 Å². The van der Waals surface area contributed by atoms with Crippen LogP contribution in [0.1, 0.15) is 13.3 Å². The predicted molar refractivity (Wildman–Crippen MR) is 43.4 cm³/mol. The summed E-state index contributed by atoms with van der Waals surface area (Å²) in [5.41, 5.74) is 0.0620. The second-order valence-electron chi connectivity index (χ2n) is 2.91. The molecule has 14 heavy (non-hydrogen) atoms. The molecule has 0 aromatic rings. The van der Waals surface area contributed by atoms with Crippen molar-refractivity contribution in [1.29, 1.82) is 0 Å². The van der Waals surface area contributed by atoms with Gasteiger partial charge in [0.05, 0.1) is 6.42 Å². The van der Waals surface area contributed by atoms with Gasteiger partial charge in [-0.25, -0.2) is 4.79 Å². The molecule has 1 N–H and O–H groups in total. The number of carbonyl (C=O) groups excluding carboxylic acids is 3. The van der Waals surface area contributed by atoms with Crippen LogP contribution in [0.5, 0.6) is 0 Å². The minimum atomic E-state index is -1.42. The third-order valence-corrected chi connectivity index (χ3v) is 1.60. The molecule has 0 saturated carbocycles. The van der Waals surface area contributed by atoms with Crippen molar-refractivity contribution in [3.63, 3.8) is 0 Å². The molecule has 1 rings (SSSR count). The maximum atomic E-state index is 11.0. The van der Waals surface area contributed by atoms with Gasteiger partial charge in [-0.2, -0.15) is 0 Å². The predicted octanol–water partition coefficient (Wildman–Crippen LogP) is -0.859. The number of hydroxylamine groups is 2. The monoisotopic (exact) mass is 199 g/mol. The maximum absolute atomic E-state index is 11.0. The second kappa shape index (κ2) is 3.59. The van der Waals surface area contributed by atoms with Gasteiger partial charge in [0.1, 0.15) is 6.10 Å². The molecule has 0 radical (unpaired) electrons. The van der Waals surface area contributed by atoms with Crippen LogP contribution in [0, 0.1) is 0 Å². The Balaban J connectivity index is 2.70. The molecule has 6 heteroatoms. The Bertz CT molecular complexity index is 322. The molecule has 2 amide bonds. The van der Waals surface area contributed by atoms with E-state index in [2.05, 4.69) is 11.4 Å². The van der Waals surface area contributed by atoms with Crippen LogP contribution in [-0.4, -0.2) is 34.1 Å². The molecule has 1 fully saturated rings. The average molecular weight is 199 g/mol. The Morgan fingerprint density at radius 3 is 2.57 bits per heavy atom. The van der Waals surface area contributed by atoms with Crippen molar-refractivity contribution in [3.8, 4) is 0 Å². The second-order valence-corrected chi connectivity index (χ2v) is 2.91. The van der Waals surface area contributed by atoms with Crippen LogP contribution >= 0.6 is 0 Å². The van der Waals surface area contributed by atoms with Gasteiger partial charge in [-0.15, -0.1) is 0 Å². The molecule has 1 unspecified atom stereocenters. The van der Waals surface area contributed by atoms with E-state index in [-0.39, 0.29) is 17.1 Å². The Morgan fingerprint density at radius 1 is 1.64 bits per heavy atom. The van der Waals surface area contributed by atoms with Gasteiger partial charge in [0.15, 0.2) is 0 Å². The van der Waals surface area contributed by atoms with Crippen LogP contribution < -0.4 is 0 Å². The standard InChI is InChI=1S/C8H9NO5/c1-4(2)8(13)14-9-6(11)3-5(10)7(9)12/h5,10H,1,3H2,2H3. The highest BCUT2D eigenvalue weighted by Crippen LogP contribution is 2.13. The van der Waals surface area contributed by atoms with Gasteiger partial charge in [0.2, 0.25) is 0 Å². The normalized spacial score (nSPS) is 21.3. The van der Waals surface area contributed by atoms with Crippen molar-refractivity contribution in [3.05, 3.63) is 12.2 Å². The number of hydrogen-bond donors (Lipinski definition) is 1. The molecule has 76 valence electrons. The summed E-state index contributed by atoms with van der Waals surface area (Å²) in [5.74, 6) is -2.54.